The van der Waals surface area contributed by atoms with Gasteiger partial charge in [-0.05, 0) is 36.2 Å². The molecule has 0 spiro atoms. The summed E-state index contributed by atoms with van der Waals surface area (Å²) in [6.45, 7) is 5.25. The Morgan fingerprint density at radius 2 is 1.97 bits per heavy atom. The van der Waals surface area contributed by atoms with Gasteiger partial charge in [-0.25, -0.2) is 0 Å². The van der Waals surface area contributed by atoms with Crippen LogP contribution in [0.3, 0.4) is 0 Å². The molecule has 32 heavy (non-hydrogen) atoms. The summed E-state index contributed by atoms with van der Waals surface area (Å²) in [5.74, 6) is -0.552. The van der Waals surface area contributed by atoms with Gasteiger partial charge in [0.1, 0.15) is 12.0 Å². The molecule has 10 heteroatoms. The van der Waals surface area contributed by atoms with E-state index >= 15 is 0 Å². The van der Waals surface area contributed by atoms with Gasteiger partial charge in [-0.3, -0.25) is 14.3 Å². The zero-order valence-corrected chi connectivity index (χ0v) is 19.8. The number of hydrogen-bond donors (Lipinski definition) is 0. The molecule has 0 fully saturated rings. The Morgan fingerprint density at radius 1 is 1.19 bits per heavy atom. The summed E-state index contributed by atoms with van der Waals surface area (Å²) in [6, 6.07) is 4.85. The van der Waals surface area contributed by atoms with Crippen molar-refractivity contribution in [2.45, 2.75) is 39.8 Å². The van der Waals surface area contributed by atoms with Crippen molar-refractivity contribution in [3.8, 4) is 11.4 Å². The molecule has 3 aromatic rings. The highest BCUT2D eigenvalue weighted by Gasteiger charge is 2.34. The average Bonchev–Trinajstić information content (AvgIpc) is 3.35. The summed E-state index contributed by atoms with van der Waals surface area (Å²) in [7, 11) is 0. The summed E-state index contributed by atoms with van der Waals surface area (Å²) in [5.41, 5.74) is 4.51. The van der Waals surface area contributed by atoms with Gasteiger partial charge in [0, 0.05) is 29.7 Å². The molecule has 0 saturated carbocycles. The maximum atomic E-state index is 13.1. The van der Waals surface area contributed by atoms with Crippen molar-refractivity contribution in [3.05, 3.63) is 56.9 Å². The number of carbonyl (C=O) groups excluding carboxylic acids is 2. The van der Waals surface area contributed by atoms with Gasteiger partial charge in [0.25, 0.3) is 5.91 Å². The molecule has 0 bridgehead atoms. The summed E-state index contributed by atoms with van der Waals surface area (Å²) < 4.78 is 6.96. The van der Waals surface area contributed by atoms with E-state index in [0.29, 0.717) is 53.8 Å². The van der Waals surface area contributed by atoms with Gasteiger partial charge in [-0.2, -0.15) is 5.10 Å². The minimum Gasteiger partial charge on any atom is -0.364 e. The van der Waals surface area contributed by atoms with Crippen LogP contribution in [-0.4, -0.2) is 37.5 Å². The maximum absolute atomic E-state index is 13.1. The number of rotatable bonds is 2. The summed E-state index contributed by atoms with van der Waals surface area (Å²) in [5, 5.41) is 9.18. The lowest BCUT2D eigenvalue weighted by Crippen LogP contribution is -2.36. The quantitative estimate of drug-likeness (QED) is 0.467. The minimum absolute atomic E-state index is 0.137. The standard InChI is InChI=1S/C20H15Cl3N4O3.C2H6/c21-14-2-1-10(6-15(14)22)20(29)26-4-3-16-13(8-26)18-17-12(9-30-25-17)5-11(19(23)28)7-27(18)24-16;1-2/h1-2,6,9,11H,3-5,7-8H2;1-2H3. The number of aromatic nitrogens is 3. The molecule has 4 heterocycles. The molecule has 1 unspecified atom stereocenters. The summed E-state index contributed by atoms with van der Waals surface area (Å²) >= 11 is 17.9. The average molecular weight is 496 g/mol. The molecule has 168 valence electrons. The lowest BCUT2D eigenvalue weighted by molar-refractivity contribution is -0.115. The zero-order valence-electron chi connectivity index (χ0n) is 17.6. The van der Waals surface area contributed by atoms with Crippen molar-refractivity contribution in [1.29, 1.82) is 0 Å². The van der Waals surface area contributed by atoms with Crippen molar-refractivity contribution >= 4 is 46.0 Å². The molecule has 2 aliphatic heterocycles. The fraction of sp³-hybridized carbons (Fsp3) is 0.364. The third-order valence-corrected chi connectivity index (χ3v) is 6.65. The third kappa shape index (κ3) is 4.05. The van der Waals surface area contributed by atoms with Crippen LogP contribution in [0.25, 0.3) is 11.4 Å². The van der Waals surface area contributed by atoms with E-state index < -0.39 is 11.2 Å². The van der Waals surface area contributed by atoms with Crippen molar-refractivity contribution in [2.24, 2.45) is 5.92 Å². The molecule has 1 amide bonds. The minimum atomic E-state index is -0.417. The van der Waals surface area contributed by atoms with Crippen LogP contribution >= 0.6 is 34.8 Å². The fourth-order valence-electron chi connectivity index (χ4n) is 4.10. The molecule has 0 N–H and O–H groups in total. The highest BCUT2D eigenvalue weighted by molar-refractivity contribution is 6.64. The molecule has 1 atom stereocenters. The number of fused-ring (bicyclic) bond motifs is 5. The van der Waals surface area contributed by atoms with E-state index in [4.69, 9.17) is 44.4 Å². The molecular formula is C22H21Cl3N4O3. The Balaban J connectivity index is 0.00000119. The topological polar surface area (TPSA) is 81.2 Å². The Hall–Kier alpha value is -2.35. The van der Waals surface area contributed by atoms with Gasteiger partial charge in [-0.15, -0.1) is 0 Å². The van der Waals surface area contributed by atoms with Crippen LogP contribution in [0.1, 0.15) is 41.0 Å². The lowest BCUT2D eigenvalue weighted by atomic mass is 9.99. The van der Waals surface area contributed by atoms with Crippen LogP contribution in [0.2, 0.25) is 10.0 Å². The molecule has 0 aliphatic carbocycles. The normalized spacial score (nSPS) is 16.8. The highest BCUT2D eigenvalue weighted by Crippen LogP contribution is 2.36. The van der Waals surface area contributed by atoms with Gasteiger partial charge in [-0.1, -0.05) is 42.2 Å². The van der Waals surface area contributed by atoms with Crippen molar-refractivity contribution in [3.63, 3.8) is 0 Å². The van der Waals surface area contributed by atoms with E-state index in [2.05, 4.69) is 5.16 Å². The first-order valence-corrected chi connectivity index (χ1v) is 11.5. The monoisotopic (exact) mass is 494 g/mol. The van der Waals surface area contributed by atoms with Crippen molar-refractivity contribution in [2.75, 3.05) is 6.54 Å². The first-order valence-electron chi connectivity index (χ1n) is 10.4. The Labute approximate surface area is 200 Å². The number of carbonyl (C=O) groups is 2. The van der Waals surface area contributed by atoms with E-state index in [1.54, 1.807) is 34.0 Å². The van der Waals surface area contributed by atoms with E-state index in [1.165, 1.54) is 0 Å². The maximum Gasteiger partial charge on any atom is 0.254 e. The van der Waals surface area contributed by atoms with E-state index in [-0.39, 0.29) is 5.91 Å². The highest BCUT2D eigenvalue weighted by atomic mass is 35.5. The predicted molar refractivity (Wildman–Crippen MR) is 122 cm³/mol. The third-order valence-electron chi connectivity index (χ3n) is 5.60. The first-order chi connectivity index (χ1) is 15.4. The van der Waals surface area contributed by atoms with Gasteiger partial charge >= 0.3 is 0 Å². The molecule has 0 saturated heterocycles. The Bertz CT molecular complexity index is 1190. The van der Waals surface area contributed by atoms with Gasteiger partial charge in [0.2, 0.25) is 5.24 Å². The number of benzene rings is 1. The number of hydrogen-bond acceptors (Lipinski definition) is 5. The second kappa shape index (κ2) is 9.25. The van der Waals surface area contributed by atoms with Crippen LogP contribution < -0.4 is 0 Å². The second-order valence-electron chi connectivity index (χ2n) is 7.46. The predicted octanol–water partition coefficient (Wildman–Crippen LogP) is 5.01. The molecule has 2 aromatic heterocycles. The molecule has 2 aliphatic rings. The van der Waals surface area contributed by atoms with Gasteiger partial charge in [0.05, 0.1) is 40.4 Å². The molecule has 1 aromatic carbocycles. The molecule has 5 rings (SSSR count). The smallest absolute Gasteiger partial charge is 0.254 e. The van der Waals surface area contributed by atoms with Crippen LogP contribution in [0.15, 0.2) is 29.0 Å². The molecule has 0 radical (unpaired) electrons. The van der Waals surface area contributed by atoms with Crippen molar-refractivity contribution < 1.29 is 14.1 Å². The largest absolute Gasteiger partial charge is 0.364 e. The molecule has 7 nitrogen and oxygen atoms in total. The van der Waals surface area contributed by atoms with E-state index in [0.717, 1.165) is 22.5 Å². The number of nitrogens with zero attached hydrogens (tertiary/aromatic N) is 4. The van der Waals surface area contributed by atoms with Crippen molar-refractivity contribution in [1.82, 2.24) is 19.8 Å². The Kier molecular flexibility index (Phi) is 6.60. The first kappa shape index (κ1) is 22.8. The lowest BCUT2D eigenvalue weighted by Gasteiger charge is -2.27. The van der Waals surface area contributed by atoms with Crippen LogP contribution in [-0.2, 0) is 30.7 Å². The number of amides is 1. The van der Waals surface area contributed by atoms with Crippen LogP contribution in [0.4, 0.5) is 0 Å². The molecular weight excluding hydrogens is 475 g/mol. The van der Waals surface area contributed by atoms with Gasteiger partial charge < -0.3 is 9.42 Å². The zero-order chi connectivity index (χ0) is 23.0. The van der Waals surface area contributed by atoms with E-state index in [9.17, 15) is 9.59 Å². The van der Waals surface area contributed by atoms with E-state index in [1.807, 2.05) is 13.8 Å². The summed E-state index contributed by atoms with van der Waals surface area (Å²) in [4.78, 5) is 26.7. The SMILES string of the molecule is CC.O=C(Cl)C1Cc2conc2-c2c3c(nn2C1)CCN(C(=O)c1ccc(Cl)c(Cl)c1)C3. The van der Waals surface area contributed by atoms with Crippen LogP contribution in [0.5, 0.6) is 0 Å². The fourth-order valence-corrected chi connectivity index (χ4v) is 4.54. The summed E-state index contributed by atoms with van der Waals surface area (Å²) in [6.07, 6.45) is 2.57. The Morgan fingerprint density at radius 3 is 2.69 bits per heavy atom. The van der Waals surface area contributed by atoms with Gasteiger partial charge in [0.15, 0.2) is 0 Å². The van der Waals surface area contributed by atoms with Crippen LogP contribution in [0, 0.1) is 5.92 Å². The number of halogens is 3. The second-order valence-corrected chi connectivity index (χ2v) is 8.64.